The summed E-state index contributed by atoms with van der Waals surface area (Å²) < 4.78 is 0. The minimum atomic E-state index is -0.485. The smallest absolute Gasteiger partial charge is 0.248 e. The second kappa shape index (κ2) is 6.91. The molecule has 0 saturated heterocycles. The molecule has 1 aromatic carbocycles. The van der Waals surface area contributed by atoms with Gasteiger partial charge in [-0.05, 0) is 43.4 Å². The van der Waals surface area contributed by atoms with Crippen LogP contribution in [0.5, 0.6) is 0 Å². The Kier molecular flexibility index (Phi) is 5.20. The molecule has 1 aromatic rings. The number of carbonyl (C=O) groups excluding carboxylic acids is 2. The second-order valence-corrected chi connectivity index (χ2v) is 5.91. The first-order chi connectivity index (χ1) is 9.97. The number of nitrogens with two attached hydrogens (primary N) is 2. The predicted molar refractivity (Wildman–Crippen MR) is 81.8 cm³/mol. The lowest BCUT2D eigenvalue weighted by atomic mass is 9.85. The lowest BCUT2D eigenvalue weighted by Gasteiger charge is -2.27. The largest absolute Gasteiger partial charge is 0.369 e. The highest BCUT2D eigenvalue weighted by atomic mass is 35.5. The van der Waals surface area contributed by atoms with Crippen molar-refractivity contribution in [2.24, 2.45) is 17.4 Å². The van der Waals surface area contributed by atoms with Gasteiger partial charge in [0.05, 0.1) is 0 Å². The van der Waals surface area contributed by atoms with E-state index in [4.69, 9.17) is 23.1 Å². The summed E-state index contributed by atoms with van der Waals surface area (Å²) >= 11 is 6.15. The molecule has 0 spiro atoms. The second-order valence-electron chi connectivity index (χ2n) is 5.50. The van der Waals surface area contributed by atoms with Gasteiger partial charge in [-0.3, -0.25) is 9.59 Å². The first kappa shape index (κ1) is 15.8. The molecule has 5 N–H and O–H groups in total. The topological polar surface area (TPSA) is 98.2 Å². The van der Waals surface area contributed by atoms with Crippen molar-refractivity contribution in [2.75, 3.05) is 0 Å². The first-order valence-electron chi connectivity index (χ1n) is 7.08. The van der Waals surface area contributed by atoms with E-state index in [0.29, 0.717) is 23.2 Å². The van der Waals surface area contributed by atoms with Gasteiger partial charge >= 0.3 is 0 Å². The molecular weight excluding hydrogens is 290 g/mol. The quantitative estimate of drug-likeness (QED) is 0.770. The average molecular weight is 310 g/mol. The van der Waals surface area contributed by atoms with Crippen LogP contribution in [0.4, 0.5) is 0 Å². The zero-order valence-corrected chi connectivity index (χ0v) is 12.5. The van der Waals surface area contributed by atoms with Gasteiger partial charge in [-0.25, -0.2) is 0 Å². The summed E-state index contributed by atoms with van der Waals surface area (Å²) in [6.07, 6.45) is 3.54. The van der Waals surface area contributed by atoms with Crippen LogP contribution in [0.25, 0.3) is 0 Å². The van der Waals surface area contributed by atoms with Crippen molar-refractivity contribution in [1.82, 2.24) is 5.32 Å². The van der Waals surface area contributed by atoms with E-state index < -0.39 is 5.91 Å². The number of primary amides is 2. The van der Waals surface area contributed by atoms with Crippen molar-refractivity contribution in [1.29, 1.82) is 0 Å². The van der Waals surface area contributed by atoms with Gasteiger partial charge in [0, 0.05) is 29.1 Å². The van der Waals surface area contributed by atoms with E-state index in [1.165, 1.54) is 0 Å². The number of halogens is 1. The number of hydrogen-bond acceptors (Lipinski definition) is 3. The predicted octanol–water partition coefficient (Wildman–Crippen LogP) is 1.57. The van der Waals surface area contributed by atoms with Crippen LogP contribution in [-0.2, 0) is 11.3 Å². The van der Waals surface area contributed by atoms with Crippen LogP contribution >= 0.6 is 11.6 Å². The Labute approximate surface area is 129 Å². The molecule has 1 saturated carbocycles. The molecule has 1 aliphatic carbocycles. The van der Waals surface area contributed by atoms with Crippen LogP contribution in [0.15, 0.2) is 18.2 Å². The standard InChI is InChI=1S/C15H20ClN3O2/c16-13-7-10(15(18)21)1-2-11(13)8-19-12-5-3-9(4-6-12)14(17)20/h1-2,7,9,12,19H,3-6,8H2,(H2,17,20)(H2,18,21). The van der Waals surface area contributed by atoms with Crippen molar-refractivity contribution in [3.05, 3.63) is 34.3 Å². The lowest BCUT2D eigenvalue weighted by molar-refractivity contribution is -0.122. The third-order valence-electron chi connectivity index (χ3n) is 4.05. The normalized spacial score (nSPS) is 22.0. The Morgan fingerprint density at radius 3 is 2.38 bits per heavy atom. The van der Waals surface area contributed by atoms with Crippen LogP contribution in [0.1, 0.15) is 41.6 Å². The first-order valence-corrected chi connectivity index (χ1v) is 7.46. The van der Waals surface area contributed by atoms with E-state index in [1.54, 1.807) is 12.1 Å². The number of benzene rings is 1. The Hall–Kier alpha value is -1.59. The molecule has 0 heterocycles. The molecule has 0 unspecified atom stereocenters. The van der Waals surface area contributed by atoms with Crippen molar-refractivity contribution < 1.29 is 9.59 Å². The summed E-state index contributed by atoms with van der Waals surface area (Å²) in [7, 11) is 0. The maximum atomic E-state index is 11.1. The summed E-state index contributed by atoms with van der Waals surface area (Å²) in [6, 6.07) is 5.44. The van der Waals surface area contributed by atoms with Gasteiger partial charge in [-0.2, -0.15) is 0 Å². The Morgan fingerprint density at radius 2 is 1.86 bits per heavy atom. The van der Waals surface area contributed by atoms with Gasteiger partial charge in [0.15, 0.2) is 0 Å². The zero-order valence-electron chi connectivity index (χ0n) is 11.8. The van der Waals surface area contributed by atoms with Crippen LogP contribution in [0.3, 0.4) is 0 Å². The lowest BCUT2D eigenvalue weighted by Crippen LogP contribution is -2.36. The highest BCUT2D eigenvalue weighted by Gasteiger charge is 2.24. The molecule has 0 aliphatic heterocycles. The third kappa shape index (κ3) is 4.19. The summed E-state index contributed by atoms with van der Waals surface area (Å²) in [5, 5.41) is 3.97. The van der Waals surface area contributed by atoms with Gasteiger partial charge < -0.3 is 16.8 Å². The molecule has 21 heavy (non-hydrogen) atoms. The molecule has 2 amide bonds. The molecule has 0 radical (unpaired) electrons. The number of carbonyl (C=O) groups is 2. The zero-order chi connectivity index (χ0) is 15.4. The fourth-order valence-corrected chi connectivity index (χ4v) is 2.93. The summed E-state index contributed by atoms with van der Waals surface area (Å²) in [6.45, 7) is 0.629. The van der Waals surface area contributed by atoms with E-state index in [0.717, 1.165) is 31.2 Å². The fraction of sp³-hybridized carbons (Fsp3) is 0.467. The van der Waals surface area contributed by atoms with Crippen LogP contribution < -0.4 is 16.8 Å². The molecule has 0 aromatic heterocycles. The Bertz CT molecular complexity index is 540. The van der Waals surface area contributed by atoms with Crippen molar-refractivity contribution in [3.63, 3.8) is 0 Å². The number of hydrogen-bond donors (Lipinski definition) is 3. The number of amides is 2. The molecule has 0 atom stereocenters. The highest BCUT2D eigenvalue weighted by Crippen LogP contribution is 2.25. The molecular formula is C15H20ClN3O2. The molecule has 1 aliphatic rings. The molecule has 2 rings (SSSR count). The summed E-state index contributed by atoms with van der Waals surface area (Å²) in [5.74, 6) is -0.666. The summed E-state index contributed by atoms with van der Waals surface area (Å²) in [5.41, 5.74) is 11.9. The minimum absolute atomic E-state index is 0.0153. The van der Waals surface area contributed by atoms with E-state index in [9.17, 15) is 9.59 Å². The van der Waals surface area contributed by atoms with Gasteiger partial charge in [0.25, 0.3) is 0 Å². The van der Waals surface area contributed by atoms with E-state index in [-0.39, 0.29) is 11.8 Å². The molecule has 6 heteroatoms. The maximum Gasteiger partial charge on any atom is 0.248 e. The Morgan fingerprint density at radius 1 is 1.19 bits per heavy atom. The summed E-state index contributed by atoms with van der Waals surface area (Å²) in [4.78, 5) is 22.2. The average Bonchev–Trinajstić information content (AvgIpc) is 2.46. The van der Waals surface area contributed by atoms with Crippen LogP contribution in [-0.4, -0.2) is 17.9 Å². The van der Waals surface area contributed by atoms with Gasteiger partial charge in [-0.15, -0.1) is 0 Å². The van der Waals surface area contributed by atoms with E-state index in [1.807, 2.05) is 6.07 Å². The Balaban J connectivity index is 1.87. The monoisotopic (exact) mass is 309 g/mol. The van der Waals surface area contributed by atoms with Gasteiger partial charge in [-0.1, -0.05) is 17.7 Å². The van der Waals surface area contributed by atoms with Crippen molar-refractivity contribution in [3.8, 4) is 0 Å². The van der Waals surface area contributed by atoms with E-state index in [2.05, 4.69) is 5.32 Å². The van der Waals surface area contributed by atoms with E-state index >= 15 is 0 Å². The highest BCUT2D eigenvalue weighted by molar-refractivity contribution is 6.31. The van der Waals surface area contributed by atoms with Gasteiger partial charge in [0.1, 0.15) is 0 Å². The third-order valence-corrected chi connectivity index (χ3v) is 4.40. The number of rotatable bonds is 5. The van der Waals surface area contributed by atoms with Crippen LogP contribution in [0.2, 0.25) is 5.02 Å². The molecule has 5 nitrogen and oxygen atoms in total. The van der Waals surface area contributed by atoms with Crippen molar-refractivity contribution >= 4 is 23.4 Å². The number of nitrogens with one attached hydrogen (secondary N) is 1. The molecule has 114 valence electrons. The van der Waals surface area contributed by atoms with Gasteiger partial charge in [0.2, 0.25) is 11.8 Å². The van der Waals surface area contributed by atoms with Crippen molar-refractivity contribution in [2.45, 2.75) is 38.3 Å². The SMILES string of the molecule is NC(=O)c1ccc(CNC2CCC(C(N)=O)CC2)c(Cl)c1. The molecule has 0 bridgehead atoms. The fourth-order valence-electron chi connectivity index (χ4n) is 2.68. The minimum Gasteiger partial charge on any atom is -0.369 e. The molecule has 1 fully saturated rings. The maximum absolute atomic E-state index is 11.1. The van der Waals surface area contributed by atoms with Crippen LogP contribution in [0, 0.1) is 5.92 Å².